The number of nitrogens with two attached hydrogens (primary N) is 1. The van der Waals surface area contributed by atoms with Crippen LogP contribution in [0.4, 0.5) is 0 Å². The second-order valence-corrected chi connectivity index (χ2v) is 8.43. The minimum atomic E-state index is -0.498. The van der Waals surface area contributed by atoms with E-state index < -0.39 is 22.7 Å². The highest BCUT2D eigenvalue weighted by molar-refractivity contribution is 8.77. The summed E-state index contributed by atoms with van der Waals surface area (Å²) in [5, 5.41) is 5.75. The molecule has 4 N–H and O–H groups in total. The van der Waals surface area contributed by atoms with Crippen molar-refractivity contribution in [2.24, 2.45) is 5.73 Å². The Balaban J connectivity index is 4.64. The van der Waals surface area contributed by atoms with E-state index in [0.717, 1.165) is 0 Å². The standard InChI is InChI=1S/C14H27N3O3S2/c1-6-11(19)10(17-9(3)18)8-21-22-14(4,5)12(13(15)20)16-7-2/h10,12,16H,6-8H2,1-5H3,(H2,15,20)(H,17,18). The second-order valence-electron chi connectivity index (χ2n) is 5.44. The zero-order chi connectivity index (χ0) is 17.3. The SMILES string of the molecule is CCNC(C(N)=O)C(C)(C)SSCC(NC(C)=O)C(=O)CC. The van der Waals surface area contributed by atoms with Gasteiger partial charge in [-0.15, -0.1) is 0 Å². The average Bonchev–Trinajstić information content (AvgIpc) is 2.41. The van der Waals surface area contributed by atoms with E-state index in [0.29, 0.717) is 18.7 Å². The fourth-order valence-corrected chi connectivity index (χ4v) is 4.79. The summed E-state index contributed by atoms with van der Waals surface area (Å²) < 4.78 is -0.428. The van der Waals surface area contributed by atoms with Gasteiger partial charge in [-0.2, -0.15) is 0 Å². The maximum absolute atomic E-state index is 11.8. The molecule has 0 saturated carbocycles. The lowest BCUT2D eigenvalue weighted by molar-refractivity contribution is -0.126. The molecule has 0 bridgehead atoms. The Kier molecular flexibility index (Phi) is 9.79. The van der Waals surface area contributed by atoms with E-state index in [9.17, 15) is 14.4 Å². The van der Waals surface area contributed by atoms with Crippen molar-refractivity contribution < 1.29 is 14.4 Å². The van der Waals surface area contributed by atoms with Crippen LogP contribution in [0.25, 0.3) is 0 Å². The Morgan fingerprint density at radius 1 is 1.23 bits per heavy atom. The van der Waals surface area contributed by atoms with E-state index in [1.54, 1.807) is 6.92 Å². The first-order chi connectivity index (χ1) is 10.2. The summed E-state index contributed by atoms with van der Waals surface area (Å²) in [5.41, 5.74) is 5.44. The van der Waals surface area contributed by atoms with Gasteiger partial charge in [0, 0.05) is 23.8 Å². The van der Waals surface area contributed by atoms with Crippen molar-refractivity contribution in [2.45, 2.75) is 57.9 Å². The van der Waals surface area contributed by atoms with Gasteiger partial charge in [-0.1, -0.05) is 35.4 Å². The largest absolute Gasteiger partial charge is 0.368 e. The van der Waals surface area contributed by atoms with Crippen molar-refractivity contribution >= 4 is 39.2 Å². The van der Waals surface area contributed by atoms with Gasteiger partial charge in [0.05, 0.1) is 6.04 Å². The second kappa shape index (κ2) is 10.1. The Hall–Kier alpha value is -0.730. The molecule has 0 aliphatic carbocycles. The van der Waals surface area contributed by atoms with Gasteiger partial charge in [0.2, 0.25) is 11.8 Å². The van der Waals surface area contributed by atoms with E-state index in [2.05, 4.69) is 10.6 Å². The number of carbonyl (C=O) groups excluding carboxylic acids is 3. The lowest BCUT2D eigenvalue weighted by Crippen LogP contribution is -2.53. The van der Waals surface area contributed by atoms with Crippen molar-refractivity contribution in [3.8, 4) is 0 Å². The molecule has 22 heavy (non-hydrogen) atoms. The highest BCUT2D eigenvalue weighted by Crippen LogP contribution is 2.38. The minimum absolute atomic E-state index is 0.000703. The summed E-state index contributed by atoms with van der Waals surface area (Å²) in [6, 6.07) is -0.960. The Bertz CT molecular complexity index is 403. The monoisotopic (exact) mass is 349 g/mol. The molecule has 128 valence electrons. The molecule has 0 rings (SSSR count). The zero-order valence-corrected chi connectivity index (χ0v) is 15.5. The van der Waals surface area contributed by atoms with Crippen LogP contribution in [0.2, 0.25) is 0 Å². The molecule has 2 amide bonds. The summed E-state index contributed by atoms with van der Waals surface area (Å²) >= 11 is 0. The van der Waals surface area contributed by atoms with Gasteiger partial charge >= 0.3 is 0 Å². The van der Waals surface area contributed by atoms with Crippen LogP contribution < -0.4 is 16.4 Å². The van der Waals surface area contributed by atoms with Gasteiger partial charge in [0.15, 0.2) is 5.78 Å². The first kappa shape index (κ1) is 21.3. The molecule has 0 radical (unpaired) electrons. The van der Waals surface area contributed by atoms with Gasteiger partial charge in [0.1, 0.15) is 6.04 Å². The number of ketones is 1. The summed E-state index contributed by atoms with van der Waals surface area (Å²) in [6.45, 7) is 9.58. The molecule has 0 saturated heterocycles. The van der Waals surface area contributed by atoms with E-state index >= 15 is 0 Å². The summed E-state index contributed by atoms with van der Waals surface area (Å²) in [6.07, 6.45) is 0.376. The smallest absolute Gasteiger partial charge is 0.236 e. The highest BCUT2D eigenvalue weighted by Gasteiger charge is 2.34. The lowest BCUT2D eigenvalue weighted by Gasteiger charge is -2.31. The number of likely N-dealkylation sites (N-methyl/N-ethyl adjacent to an activating group) is 1. The van der Waals surface area contributed by atoms with Crippen LogP contribution in [0.1, 0.15) is 41.0 Å². The first-order valence-electron chi connectivity index (χ1n) is 7.28. The molecule has 6 nitrogen and oxygen atoms in total. The third-order valence-corrected chi connectivity index (χ3v) is 6.31. The van der Waals surface area contributed by atoms with E-state index in [-0.39, 0.29) is 11.7 Å². The van der Waals surface area contributed by atoms with Crippen LogP contribution in [-0.2, 0) is 14.4 Å². The van der Waals surface area contributed by atoms with E-state index in [1.807, 2.05) is 20.8 Å². The number of hydrogen-bond donors (Lipinski definition) is 3. The molecule has 0 aliphatic heterocycles. The number of nitrogens with one attached hydrogen (secondary N) is 2. The summed E-state index contributed by atoms with van der Waals surface area (Å²) in [5.74, 6) is -0.167. The summed E-state index contributed by atoms with van der Waals surface area (Å²) in [7, 11) is 2.95. The molecular weight excluding hydrogens is 322 g/mol. The number of hydrogen-bond acceptors (Lipinski definition) is 6. The third-order valence-electron chi connectivity index (χ3n) is 3.01. The predicted octanol–water partition coefficient (Wildman–Crippen LogP) is 1.09. The molecule has 0 aromatic carbocycles. The van der Waals surface area contributed by atoms with E-state index in [4.69, 9.17) is 5.73 Å². The zero-order valence-electron chi connectivity index (χ0n) is 13.9. The third kappa shape index (κ3) is 7.51. The van der Waals surface area contributed by atoms with Crippen molar-refractivity contribution in [3.63, 3.8) is 0 Å². The molecular formula is C14H27N3O3S2. The molecule has 0 aromatic heterocycles. The Morgan fingerprint density at radius 3 is 2.23 bits per heavy atom. The average molecular weight is 350 g/mol. The molecule has 8 heteroatoms. The van der Waals surface area contributed by atoms with Crippen LogP contribution in [-0.4, -0.2) is 46.7 Å². The molecule has 2 unspecified atom stereocenters. The quantitative estimate of drug-likeness (QED) is 0.483. The van der Waals surface area contributed by atoms with Gasteiger partial charge in [-0.05, 0) is 20.4 Å². The van der Waals surface area contributed by atoms with Crippen LogP contribution >= 0.6 is 21.6 Å². The molecule has 0 fully saturated rings. The number of amides is 2. The van der Waals surface area contributed by atoms with Crippen LogP contribution in [0, 0.1) is 0 Å². The molecule has 0 spiro atoms. The maximum Gasteiger partial charge on any atom is 0.236 e. The Labute approximate surface area is 140 Å². The lowest BCUT2D eigenvalue weighted by atomic mass is 10.0. The number of Topliss-reactive ketones (excluding diaryl/α,β-unsaturated/α-hetero) is 1. The van der Waals surface area contributed by atoms with Crippen LogP contribution in [0.5, 0.6) is 0 Å². The molecule has 0 aliphatic rings. The van der Waals surface area contributed by atoms with Crippen molar-refractivity contribution in [1.29, 1.82) is 0 Å². The fraction of sp³-hybridized carbons (Fsp3) is 0.786. The summed E-state index contributed by atoms with van der Waals surface area (Å²) in [4.78, 5) is 34.5. The predicted molar refractivity (Wildman–Crippen MR) is 93.7 cm³/mol. The molecule has 0 heterocycles. The van der Waals surface area contributed by atoms with Gasteiger partial charge in [0.25, 0.3) is 0 Å². The number of primary amides is 1. The fourth-order valence-electron chi connectivity index (χ4n) is 1.90. The minimum Gasteiger partial charge on any atom is -0.368 e. The van der Waals surface area contributed by atoms with Crippen molar-refractivity contribution in [1.82, 2.24) is 10.6 Å². The number of rotatable bonds is 11. The van der Waals surface area contributed by atoms with Crippen molar-refractivity contribution in [3.05, 3.63) is 0 Å². The van der Waals surface area contributed by atoms with Gasteiger partial charge in [-0.3, -0.25) is 14.4 Å². The normalized spacial score (nSPS) is 14.2. The van der Waals surface area contributed by atoms with Crippen molar-refractivity contribution in [2.75, 3.05) is 12.3 Å². The number of carbonyl (C=O) groups is 3. The topological polar surface area (TPSA) is 101 Å². The van der Waals surface area contributed by atoms with Crippen LogP contribution in [0.15, 0.2) is 0 Å². The van der Waals surface area contributed by atoms with Gasteiger partial charge in [-0.25, -0.2) is 0 Å². The first-order valence-corrected chi connectivity index (χ1v) is 9.60. The molecule has 2 atom stereocenters. The van der Waals surface area contributed by atoms with E-state index in [1.165, 1.54) is 28.5 Å². The highest BCUT2D eigenvalue weighted by atomic mass is 33.1. The Morgan fingerprint density at radius 2 is 1.82 bits per heavy atom. The maximum atomic E-state index is 11.8. The van der Waals surface area contributed by atoms with Crippen LogP contribution in [0.3, 0.4) is 0 Å². The molecule has 0 aromatic rings. The van der Waals surface area contributed by atoms with Gasteiger partial charge < -0.3 is 16.4 Å².